The molecule has 84 valence electrons. The lowest BCUT2D eigenvalue weighted by Gasteiger charge is -1.99. The first-order valence-electron chi connectivity index (χ1n) is 5.56. The fraction of sp³-hybridized carbons (Fsp3) is 0.0667. The minimum atomic E-state index is 0.554. The second-order valence-electron chi connectivity index (χ2n) is 3.70. The van der Waals surface area contributed by atoms with Crippen LogP contribution in [-0.4, -0.2) is 11.9 Å². The lowest BCUT2D eigenvalue weighted by atomic mass is 10.1. The van der Waals surface area contributed by atoms with Gasteiger partial charge in [0.05, 0.1) is 5.69 Å². The van der Waals surface area contributed by atoms with E-state index in [9.17, 15) is 0 Å². The lowest BCUT2D eigenvalue weighted by molar-refractivity contribution is 1.39. The van der Waals surface area contributed by atoms with Crippen molar-refractivity contribution in [2.75, 3.05) is 0 Å². The maximum absolute atomic E-state index is 7.90. The van der Waals surface area contributed by atoms with Crippen molar-refractivity contribution >= 4 is 17.6 Å². The van der Waals surface area contributed by atoms with Crippen molar-refractivity contribution in [2.24, 2.45) is 4.99 Å². The third kappa shape index (κ3) is 3.38. The Labute approximate surface area is 101 Å². The van der Waals surface area contributed by atoms with Gasteiger partial charge in [-0.25, -0.2) is 0 Å². The molecule has 0 aliphatic carbocycles. The monoisotopic (exact) mass is 222 g/mol. The van der Waals surface area contributed by atoms with E-state index in [0.29, 0.717) is 12.1 Å². The Morgan fingerprint density at radius 1 is 0.941 bits per heavy atom. The maximum Gasteiger partial charge on any atom is 0.0625 e. The summed E-state index contributed by atoms with van der Waals surface area (Å²) < 4.78 is 0. The first kappa shape index (κ1) is 11.3. The van der Waals surface area contributed by atoms with Gasteiger partial charge in [0, 0.05) is 18.3 Å². The van der Waals surface area contributed by atoms with Crippen LogP contribution in [0.15, 0.2) is 65.7 Å². The van der Waals surface area contributed by atoms with Gasteiger partial charge in [-0.15, -0.1) is 0 Å². The molecule has 2 rings (SSSR count). The summed E-state index contributed by atoms with van der Waals surface area (Å²) in [6.45, 7) is 0. The van der Waals surface area contributed by atoms with Gasteiger partial charge in [0.1, 0.15) is 0 Å². The number of rotatable bonds is 4. The van der Waals surface area contributed by atoms with Gasteiger partial charge in [-0.05, 0) is 17.7 Å². The SMILES string of the molecule is N=C(CC=Nc1ccccc1)c1ccccc1. The second kappa shape index (κ2) is 5.75. The van der Waals surface area contributed by atoms with Crippen LogP contribution < -0.4 is 0 Å². The molecule has 0 spiro atoms. The maximum atomic E-state index is 7.90. The Hall–Kier alpha value is -2.22. The van der Waals surface area contributed by atoms with E-state index in [0.717, 1.165) is 11.3 Å². The highest BCUT2D eigenvalue weighted by Gasteiger charge is 1.97. The summed E-state index contributed by atoms with van der Waals surface area (Å²) >= 11 is 0. The van der Waals surface area contributed by atoms with E-state index < -0.39 is 0 Å². The molecule has 0 unspecified atom stereocenters. The number of hydrogen-bond acceptors (Lipinski definition) is 2. The van der Waals surface area contributed by atoms with Gasteiger partial charge in [0.25, 0.3) is 0 Å². The van der Waals surface area contributed by atoms with Gasteiger partial charge in [-0.2, -0.15) is 0 Å². The highest BCUT2D eigenvalue weighted by molar-refractivity contribution is 6.05. The summed E-state index contributed by atoms with van der Waals surface area (Å²) in [6.07, 6.45) is 2.34. The Morgan fingerprint density at radius 2 is 1.53 bits per heavy atom. The zero-order valence-electron chi connectivity index (χ0n) is 9.51. The molecular weight excluding hydrogens is 208 g/mol. The molecule has 2 aromatic rings. The van der Waals surface area contributed by atoms with E-state index in [1.807, 2.05) is 60.7 Å². The molecule has 2 aromatic carbocycles. The van der Waals surface area contributed by atoms with Crippen LogP contribution in [0.3, 0.4) is 0 Å². The number of para-hydroxylation sites is 1. The summed E-state index contributed by atoms with van der Waals surface area (Å²) in [5, 5.41) is 7.90. The number of nitrogens with zero attached hydrogens (tertiary/aromatic N) is 1. The Morgan fingerprint density at radius 3 is 2.18 bits per heavy atom. The van der Waals surface area contributed by atoms with Crippen LogP contribution >= 0.6 is 0 Å². The van der Waals surface area contributed by atoms with Crippen molar-refractivity contribution in [1.82, 2.24) is 0 Å². The van der Waals surface area contributed by atoms with Crippen LogP contribution in [0.4, 0.5) is 5.69 Å². The molecule has 0 radical (unpaired) electrons. The Kier molecular flexibility index (Phi) is 3.81. The summed E-state index contributed by atoms with van der Waals surface area (Å²) in [6, 6.07) is 19.5. The van der Waals surface area contributed by atoms with E-state index in [4.69, 9.17) is 5.41 Å². The van der Waals surface area contributed by atoms with Gasteiger partial charge in [-0.3, -0.25) is 4.99 Å². The number of nitrogens with one attached hydrogen (secondary N) is 1. The van der Waals surface area contributed by atoms with Gasteiger partial charge in [0.15, 0.2) is 0 Å². The van der Waals surface area contributed by atoms with Crippen molar-refractivity contribution in [3.63, 3.8) is 0 Å². The van der Waals surface area contributed by atoms with Crippen LogP contribution in [0, 0.1) is 5.41 Å². The zero-order chi connectivity index (χ0) is 11.9. The van der Waals surface area contributed by atoms with E-state index in [-0.39, 0.29) is 0 Å². The average molecular weight is 222 g/mol. The predicted molar refractivity (Wildman–Crippen MR) is 72.5 cm³/mol. The number of aliphatic imine (C=N–C) groups is 1. The van der Waals surface area contributed by atoms with Crippen LogP contribution in [-0.2, 0) is 0 Å². The Balaban J connectivity index is 1.95. The lowest BCUT2D eigenvalue weighted by Crippen LogP contribution is -1.98. The number of benzene rings is 2. The fourth-order valence-electron chi connectivity index (χ4n) is 1.51. The van der Waals surface area contributed by atoms with Crippen molar-refractivity contribution in [2.45, 2.75) is 6.42 Å². The molecule has 0 aliphatic heterocycles. The first-order chi connectivity index (χ1) is 8.36. The van der Waals surface area contributed by atoms with E-state index >= 15 is 0 Å². The first-order valence-corrected chi connectivity index (χ1v) is 5.56. The molecule has 0 saturated carbocycles. The molecule has 0 saturated heterocycles. The van der Waals surface area contributed by atoms with Crippen LogP contribution in [0.25, 0.3) is 0 Å². The molecule has 1 N–H and O–H groups in total. The van der Waals surface area contributed by atoms with Crippen molar-refractivity contribution in [1.29, 1.82) is 5.41 Å². The van der Waals surface area contributed by atoms with E-state index in [1.54, 1.807) is 6.21 Å². The minimum absolute atomic E-state index is 0.554. The van der Waals surface area contributed by atoms with Crippen molar-refractivity contribution in [3.05, 3.63) is 66.2 Å². The molecular formula is C15H14N2. The molecule has 0 fully saturated rings. The average Bonchev–Trinajstić information content (AvgIpc) is 2.41. The van der Waals surface area contributed by atoms with E-state index in [1.165, 1.54) is 0 Å². The molecule has 0 heterocycles. The summed E-state index contributed by atoms with van der Waals surface area (Å²) in [5.41, 5.74) is 2.46. The third-order valence-corrected chi connectivity index (χ3v) is 2.41. The second-order valence-corrected chi connectivity index (χ2v) is 3.70. The van der Waals surface area contributed by atoms with Crippen molar-refractivity contribution in [3.8, 4) is 0 Å². The van der Waals surface area contributed by atoms with Crippen LogP contribution in [0.2, 0.25) is 0 Å². The zero-order valence-corrected chi connectivity index (χ0v) is 9.51. The number of hydrogen-bond donors (Lipinski definition) is 1. The van der Waals surface area contributed by atoms with Crippen LogP contribution in [0.5, 0.6) is 0 Å². The molecule has 2 heteroatoms. The highest BCUT2D eigenvalue weighted by atomic mass is 14.7. The molecule has 17 heavy (non-hydrogen) atoms. The van der Waals surface area contributed by atoms with Gasteiger partial charge >= 0.3 is 0 Å². The topological polar surface area (TPSA) is 36.2 Å². The summed E-state index contributed by atoms with van der Waals surface area (Å²) in [5.74, 6) is 0. The largest absolute Gasteiger partial charge is 0.304 e. The van der Waals surface area contributed by atoms with Gasteiger partial charge in [-0.1, -0.05) is 48.5 Å². The minimum Gasteiger partial charge on any atom is -0.304 e. The predicted octanol–water partition coefficient (Wildman–Crippen LogP) is 3.85. The molecule has 0 amide bonds. The fourth-order valence-corrected chi connectivity index (χ4v) is 1.51. The van der Waals surface area contributed by atoms with Gasteiger partial charge < -0.3 is 5.41 Å². The highest BCUT2D eigenvalue weighted by Crippen LogP contribution is 2.09. The van der Waals surface area contributed by atoms with Crippen molar-refractivity contribution < 1.29 is 0 Å². The summed E-state index contributed by atoms with van der Waals surface area (Å²) in [7, 11) is 0. The normalized spacial score (nSPS) is 10.6. The third-order valence-electron chi connectivity index (χ3n) is 2.41. The molecule has 0 bridgehead atoms. The van der Waals surface area contributed by atoms with Gasteiger partial charge in [0.2, 0.25) is 0 Å². The van der Waals surface area contributed by atoms with Crippen LogP contribution in [0.1, 0.15) is 12.0 Å². The molecule has 0 atom stereocenters. The summed E-state index contributed by atoms with van der Waals surface area (Å²) in [4.78, 5) is 4.31. The molecule has 2 nitrogen and oxygen atoms in total. The quantitative estimate of drug-likeness (QED) is 0.763. The standard InChI is InChI=1S/C15H14N2/c16-15(13-7-3-1-4-8-13)11-12-17-14-9-5-2-6-10-14/h1-10,12,16H,11H2. The molecule has 0 aliphatic rings. The molecule has 0 aromatic heterocycles. The van der Waals surface area contributed by atoms with E-state index in [2.05, 4.69) is 4.99 Å². The Bertz CT molecular complexity index is 501. The smallest absolute Gasteiger partial charge is 0.0625 e.